The predicted octanol–water partition coefficient (Wildman–Crippen LogP) is 4.60. The third kappa shape index (κ3) is 4.10. The molecule has 0 spiro atoms. The summed E-state index contributed by atoms with van der Waals surface area (Å²) in [6, 6.07) is 3.86. The second-order valence-electron chi connectivity index (χ2n) is 4.01. The Bertz CT molecular complexity index is 682. The van der Waals surface area contributed by atoms with Gasteiger partial charge in [-0.1, -0.05) is 69.6 Å². The Morgan fingerprint density at radius 2 is 1.23 bits per heavy atom. The zero-order chi connectivity index (χ0) is 16.7. The molecule has 0 radical (unpaired) electrons. The van der Waals surface area contributed by atoms with E-state index in [1.54, 1.807) is 0 Å². The molecule has 0 amide bonds. The smallest absolute Gasteiger partial charge is 0.250 e. The molecule has 0 bridgehead atoms. The van der Waals surface area contributed by atoms with E-state index in [1.807, 2.05) is 0 Å². The van der Waals surface area contributed by atoms with Crippen molar-refractivity contribution in [3.8, 4) is 22.9 Å². The van der Waals surface area contributed by atoms with Crippen LogP contribution in [0.2, 0.25) is 0 Å². The van der Waals surface area contributed by atoms with Crippen molar-refractivity contribution in [2.45, 2.75) is 7.59 Å². The lowest BCUT2D eigenvalue weighted by Gasteiger charge is -2.15. The fourth-order valence-corrected chi connectivity index (χ4v) is 1.93. The molecule has 0 saturated heterocycles. The molecule has 2 rings (SSSR count). The van der Waals surface area contributed by atoms with Gasteiger partial charge >= 0.3 is 0 Å². The molecule has 0 fully saturated rings. The molecule has 0 aliphatic heterocycles. The van der Waals surface area contributed by atoms with Crippen LogP contribution < -0.4 is 0 Å². The number of halogens is 6. The van der Waals surface area contributed by atoms with Crippen LogP contribution in [0.4, 0.5) is 0 Å². The Kier molecular flexibility index (Phi) is 5.07. The van der Waals surface area contributed by atoms with E-state index in [-0.39, 0.29) is 29.0 Å². The van der Waals surface area contributed by atoms with Crippen LogP contribution in [-0.2, 0) is 7.59 Å². The van der Waals surface area contributed by atoms with E-state index in [4.69, 9.17) is 69.6 Å². The summed E-state index contributed by atoms with van der Waals surface area (Å²) in [6.07, 6.45) is 0. The maximum Gasteiger partial charge on any atom is 0.250 e. The van der Waals surface area contributed by atoms with E-state index in [9.17, 15) is 10.2 Å². The summed E-state index contributed by atoms with van der Waals surface area (Å²) in [7, 11) is 0. The lowest BCUT2D eigenvalue weighted by molar-refractivity contribution is 0.404. The quantitative estimate of drug-likeness (QED) is 0.517. The second-order valence-corrected chi connectivity index (χ2v) is 8.57. The number of aromatic hydroxyl groups is 2. The summed E-state index contributed by atoms with van der Waals surface area (Å²) in [4.78, 5) is 11.8. The Hall–Kier alpha value is -0.430. The monoisotopic (exact) mass is 421 g/mol. The van der Waals surface area contributed by atoms with Crippen molar-refractivity contribution < 1.29 is 10.2 Å². The van der Waals surface area contributed by atoms with Gasteiger partial charge in [-0.05, 0) is 18.2 Å². The van der Waals surface area contributed by atoms with Gasteiger partial charge in [-0.25, -0.2) is 15.0 Å². The second kappa shape index (κ2) is 6.23. The highest BCUT2D eigenvalue weighted by molar-refractivity contribution is 6.67. The number of rotatable bonds is 1. The summed E-state index contributed by atoms with van der Waals surface area (Å²) >= 11 is 34.5. The minimum absolute atomic E-state index is 0.00653. The summed E-state index contributed by atoms with van der Waals surface area (Å²) in [6.45, 7) is 0. The number of aromatic nitrogens is 3. The zero-order valence-corrected chi connectivity index (χ0v) is 14.8. The number of hydrogen-bond donors (Lipinski definition) is 2. The normalized spacial score (nSPS) is 12.5. The molecule has 0 unspecified atom stereocenters. The molecule has 1 aromatic heterocycles. The Morgan fingerprint density at radius 3 is 1.64 bits per heavy atom. The van der Waals surface area contributed by atoms with E-state index in [2.05, 4.69) is 15.0 Å². The standard InChI is InChI=1S/C11H5Cl6N3O2/c12-10(13,14)8-18-7(19-9(20-8)11(15,16)17)4-1-2-5(21)6(22)3-4/h1-3,21-22H. The topological polar surface area (TPSA) is 79.1 Å². The van der Waals surface area contributed by atoms with Gasteiger partial charge in [0.15, 0.2) is 29.0 Å². The Balaban J connectivity index is 2.67. The maximum absolute atomic E-state index is 9.54. The summed E-state index contributed by atoms with van der Waals surface area (Å²) in [5.41, 5.74) is 0.295. The number of hydrogen-bond acceptors (Lipinski definition) is 5. The summed E-state index contributed by atoms with van der Waals surface area (Å²) in [5, 5.41) is 18.9. The van der Waals surface area contributed by atoms with Crippen molar-refractivity contribution >= 4 is 69.6 Å². The van der Waals surface area contributed by atoms with Crippen molar-refractivity contribution in [1.82, 2.24) is 15.0 Å². The first-order chi connectivity index (χ1) is 9.98. The molecule has 2 aromatic rings. The van der Waals surface area contributed by atoms with Crippen LogP contribution in [0.5, 0.6) is 11.5 Å². The summed E-state index contributed by atoms with van der Waals surface area (Å²) in [5.74, 6) is -1.22. The van der Waals surface area contributed by atoms with Crippen molar-refractivity contribution in [1.29, 1.82) is 0 Å². The van der Waals surface area contributed by atoms with E-state index in [0.29, 0.717) is 5.56 Å². The highest BCUT2D eigenvalue weighted by Crippen LogP contribution is 2.41. The zero-order valence-electron chi connectivity index (χ0n) is 10.2. The Morgan fingerprint density at radius 1 is 0.727 bits per heavy atom. The molecule has 0 saturated carbocycles. The van der Waals surface area contributed by atoms with Gasteiger partial charge in [-0.3, -0.25) is 0 Å². The molecule has 5 nitrogen and oxygen atoms in total. The van der Waals surface area contributed by atoms with Crippen molar-refractivity contribution in [2.75, 3.05) is 0 Å². The highest BCUT2D eigenvalue weighted by atomic mass is 35.6. The first-order valence-electron chi connectivity index (χ1n) is 5.41. The number of nitrogens with zero attached hydrogens (tertiary/aromatic N) is 3. The molecule has 0 atom stereocenters. The lowest BCUT2D eigenvalue weighted by atomic mass is 10.2. The van der Waals surface area contributed by atoms with E-state index in [1.165, 1.54) is 18.2 Å². The number of phenolic OH excluding ortho intramolecular Hbond substituents is 2. The van der Waals surface area contributed by atoms with Crippen LogP contribution in [-0.4, -0.2) is 25.2 Å². The van der Waals surface area contributed by atoms with Crippen LogP contribution in [0.25, 0.3) is 11.4 Å². The number of benzene rings is 1. The number of phenols is 2. The highest BCUT2D eigenvalue weighted by Gasteiger charge is 2.34. The van der Waals surface area contributed by atoms with Crippen molar-refractivity contribution in [3.63, 3.8) is 0 Å². The van der Waals surface area contributed by atoms with E-state index in [0.717, 1.165) is 0 Å². The van der Waals surface area contributed by atoms with Gasteiger partial charge in [0.2, 0.25) is 7.59 Å². The first kappa shape index (κ1) is 17.9. The number of alkyl halides is 6. The molecular weight excluding hydrogens is 419 g/mol. The Labute approximate surface area is 154 Å². The lowest BCUT2D eigenvalue weighted by Crippen LogP contribution is -2.16. The van der Waals surface area contributed by atoms with Gasteiger partial charge in [0.05, 0.1) is 0 Å². The minimum Gasteiger partial charge on any atom is -0.504 e. The molecule has 0 aliphatic rings. The van der Waals surface area contributed by atoms with Crippen LogP contribution in [0, 0.1) is 0 Å². The first-order valence-corrected chi connectivity index (χ1v) is 7.68. The average Bonchev–Trinajstić information content (AvgIpc) is 2.39. The molecule has 118 valence electrons. The predicted molar refractivity (Wildman–Crippen MR) is 87.1 cm³/mol. The average molecular weight is 424 g/mol. The van der Waals surface area contributed by atoms with Gasteiger partial charge < -0.3 is 10.2 Å². The van der Waals surface area contributed by atoms with Crippen LogP contribution in [0.15, 0.2) is 18.2 Å². The molecule has 2 N–H and O–H groups in total. The van der Waals surface area contributed by atoms with Gasteiger partial charge in [0.25, 0.3) is 0 Å². The largest absolute Gasteiger partial charge is 0.504 e. The molecule has 22 heavy (non-hydrogen) atoms. The summed E-state index contributed by atoms with van der Waals surface area (Å²) < 4.78 is -3.94. The van der Waals surface area contributed by atoms with Crippen molar-refractivity contribution in [2.24, 2.45) is 0 Å². The maximum atomic E-state index is 9.54. The van der Waals surface area contributed by atoms with E-state index < -0.39 is 7.59 Å². The molecule has 1 aromatic carbocycles. The molecule has 0 aliphatic carbocycles. The SMILES string of the molecule is Oc1ccc(-c2nc(C(Cl)(Cl)Cl)nc(C(Cl)(Cl)Cl)n2)cc1O. The fraction of sp³-hybridized carbons (Fsp3) is 0.182. The molecule has 1 heterocycles. The van der Waals surface area contributed by atoms with Crippen LogP contribution in [0.3, 0.4) is 0 Å². The third-order valence-corrected chi connectivity index (χ3v) is 3.39. The van der Waals surface area contributed by atoms with Crippen LogP contribution in [0.1, 0.15) is 11.6 Å². The molecule has 11 heteroatoms. The molecular formula is C11H5Cl6N3O2. The van der Waals surface area contributed by atoms with Crippen molar-refractivity contribution in [3.05, 3.63) is 29.8 Å². The van der Waals surface area contributed by atoms with E-state index >= 15 is 0 Å². The van der Waals surface area contributed by atoms with Gasteiger partial charge in [-0.15, -0.1) is 0 Å². The van der Waals surface area contributed by atoms with Gasteiger partial charge in [-0.2, -0.15) is 0 Å². The van der Waals surface area contributed by atoms with Gasteiger partial charge in [0, 0.05) is 5.56 Å². The van der Waals surface area contributed by atoms with Crippen LogP contribution >= 0.6 is 69.6 Å². The van der Waals surface area contributed by atoms with Gasteiger partial charge in [0.1, 0.15) is 0 Å². The third-order valence-electron chi connectivity index (χ3n) is 2.38. The minimum atomic E-state index is -1.97. The fourth-order valence-electron chi connectivity index (χ4n) is 1.42.